The van der Waals surface area contributed by atoms with Crippen LogP contribution >= 0.6 is 15.9 Å². The maximum absolute atomic E-state index is 4.51. The molecule has 0 saturated carbocycles. The Hall–Kier alpha value is -0.390. The van der Waals surface area contributed by atoms with Gasteiger partial charge >= 0.3 is 0 Å². The molecule has 0 atom stereocenters. The zero-order valence-corrected chi connectivity index (χ0v) is 15.1. The van der Waals surface area contributed by atoms with Crippen molar-refractivity contribution in [2.75, 3.05) is 20.1 Å². The summed E-state index contributed by atoms with van der Waals surface area (Å²) in [6.45, 7) is 12.7. The maximum Gasteiger partial charge on any atom is 0.0739 e. The third kappa shape index (κ3) is 5.19. The lowest BCUT2D eigenvalue weighted by molar-refractivity contribution is 0.268. The van der Waals surface area contributed by atoms with E-state index < -0.39 is 0 Å². The molecule has 5 heteroatoms. The molecule has 0 bridgehead atoms. The van der Waals surface area contributed by atoms with E-state index in [-0.39, 0.29) is 0 Å². The van der Waals surface area contributed by atoms with Crippen LogP contribution in [0.25, 0.3) is 0 Å². The van der Waals surface area contributed by atoms with E-state index in [0.29, 0.717) is 6.04 Å². The van der Waals surface area contributed by atoms with Gasteiger partial charge in [-0.15, -0.1) is 0 Å². The summed E-state index contributed by atoms with van der Waals surface area (Å²) in [7, 11) is 2.19. The van der Waals surface area contributed by atoms with Crippen LogP contribution < -0.4 is 5.32 Å². The minimum absolute atomic E-state index is 0.640. The van der Waals surface area contributed by atoms with Crippen LogP contribution in [0.4, 0.5) is 0 Å². The van der Waals surface area contributed by atoms with Gasteiger partial charge in [-0.2, -0.15) is 5.10 Å². The average molecular weight is 345 g/mol. The Labute approximate surface area is 132 Å². The van der Waals surface area contributed by atoms with Crippen molar-refractivity contribution in [2.45, 2.75) is 59.7 Å². The van der Waals surface area contributed by atoms with Crippen LogP contribution in [0.2, 0.25) is 0 Å². The highest BCUT2D eigenvalue weighted by molar-refractivity contribution is 9.10. The molecule has 0 aliphatic carbocycles. The molecular formula is C15H29BrN4. The summed E-state index contributed by atoms with van der Waals surface area (Å²) in [6, 6.07) is 0.640. The van der Waals surface area contributed by atoms with E-state index in [9.17, 15) is 0 Å². The average Bonchev–Trinajstić information content (AvgIpc) is 2.69. The first-order valence-corrected chi connectivity index (χ1v) is 8.39. The third-order valence-electron chi connectivity index (χ3n) is 3.74. The van der Waals surface area contributed by atoms with Crippen molar-refractivity contribution in [3.05, 3.63) is 15.9 Å². The summed E-state index contributed by atoms with van der Waals surface area (Å²) in [5.41, 5.74) is 2.33. The predicted molar refractivity (Wildman–Crippen MR) is 89.0 cm³/mol. The maximum atomic E-state index is 4.51. The van der Waals surface area contributed by atoms with Crippen LogP contribution in [0.1, 0.15) is 45.0 Å². The van der Waals surface area contributed by atoms with Gasteiger partial charge in [-0.25, -0.2) is 0 Å². The molecule has 0 aromatic carbocycles. The monoisotopic (exact) mass is 344 g/mol. The smallest absolute Gasteiger partial charge is 0.0739 e. The molecule has 1 heterocycles. The molecule has 1 aromatic rings. The van der Waals surface area contributed by atoms with Crippen LogP contribution in [0, 0.1) is 6.92 Å². The summed E-state index contributed by atoms with van der Waals surface area (Å²) in [5, 5.41) is 8.03. The van der Waals surface area contributed by atoms with Gasteiger partial charge in [0, 0.05) is 19.1 Å². The second-order valence-electron chi connectivity index (χ2n) is 5.62. The predicted octanol–water partition coefficient (Wildman–Crippen LogP) is 3.18. The van der Waals surface area contributed by atoms with E-state index in [0.717, 1.165) is 29.8 Å². The lowest BCUT2D eigenvalue weighted by Crippen LogP contribution is -2.28. The van der Waals surface area contributed by atoms with Gasteiger partial charge in [0.25, 0.3) is 0 Å². The lowest BCUT2D eigenvalue weighted by atomic mass is 10.2. The molecule has 1 N–H and O–H groups in total. The Kier molecular flexibility index (Phi) is 7.77. The molecule has 0 radical (unpaired) electrons. The van der Waals surface area contributed by atoms with Gasteiger partial charge in [0.2, 0.25) is 0 Å². The molecule has 0 spiro atoms. The first kappa shape index (κ1) is 17.7. The largest absolute Gasteiger partial charge is 0.311 e. The fraction of sp³-hybridized carbons (Fsp3) is 0.800. The Bertz CT molecular complexity index is 401. The van der Waals surface area contributed by atoms with Gasteiger partial charge in [0.1, 0.15) is 0 Å². The summed E-state index contributed by atoms with van der Waals surface area (Å²) in [4.78, 5) is 2.39. The number of aromatic nitrogens is 2. The molecule has 20 heavy (non-hydrogen) atoms. The Balaban J connectivity index is 2.25. The van der Waals surface area contributed by atoms with Crippen molar-refractivity contribution < 1.29 is 0 Å². The fourth-order valence-corrected chi connectivity index (χ4v) is 2.54. The third-order valence-corrected chi connectivity index (χ3v) is 4.77. The number of nitrogens with zero attached hydrogens (tertiary/aromatic N) is 3. The molecular weight excluding hydrogens is 316 g/mol. The van der Waals surface area contributed by atoms with E-state index in [1.54, 1.807) is 0 Å². The normalized spacial score (nSPS) is 11.8. The quantitative estimate of drug-likeness (QED) is 0.698. The highest BCUT2D eigenvalue weighted by atomic mass is 79.9. The van der Waals surface area contributed by atoms with E-state index in [1.165, 1.54) is 25.1 Å². The number of hydrogen-bond acceptors (Lipinski definition) is 3. The number of aryl methyl sites for hydroxylation is 2. The Morgan fingerprint density at radius 3 is 2.65 bits per heavy atom. The van der Waals surface area contributed by atoms with Crippen molar-refractivity contribution in [1.29, 1.82) is 0 Å². The van der Waals surface area contributed by atoms with Gasteiger partial charge < -0.3 is 10.2 Å². The molecule has 0 amide bonds. The minimum Gasteiger partial charge on any atom is -0.311 e. The van der Waals surface area contributed by atoms with Crippen LogP contribution in [-0.2, 0) is 13.1 Å². The van der Waals surface area contributed by atoms with Gasteiger partial charge in [0.15, 0.2) is 0 Å². The van der Waals surface area contributed by atoms with Crippen molar-refractivity contribution >= 4 is 15.9 Å². The highest BCUT2D eigenvalue weighted by Crippen LogP contribution is 2.20. The molecule has 0 aliphatic heterocycles. The second-order valence-corrected chi connectivity index (χ2v) is 6.41. The highest BCUT2D eigenvalue weighted by Gasteiger charge is 2.11. The minimum atomic E-state index is 0.640. The number of nitrogens with one attached hydrogen (secondary N) is 1. The van der Waals surface area contributed by atoms with Gasteiger partial charge in [-0.1, -0.05) is 0 Å². The second kappa shape index (κ2) is 8.80. The summed E-state index contributed by atoms with van der Waals surface area (Å²) in [6.07, 6.45) is 2.46. The van der Waals surface area contributed by atoms with E-state index in [2.05, 4.69) is 63.7 Å². The van der Waals surface area contributed by atoms with E-state index >= 15 is 0 Å². The number of hydrogen-bond donors (Lipinski definition) is 1. The van der Waals surface area contributed by atoms with Crippen molar-refractivity contribution in [3.8, 4) is 0 Å². The van der Waals surface area contributed by atoms with E-state index in [4.69, 9.17) is 0 Å². The molecule has 1 rings (SSSR count). The standard InChI is InChI=1S/C15H29BrN4/c1-6-20-14(15(16)13(4)18-20)11-17-9-7-8-10-19(5)12(2)3/h12,17H,6-11H2,1-5H3. The lowest BCUT2D eigenvalue weighted by Gasteiger charge is -2.20. The van der Waals surface area contributed by atoms with Crippen LogP contribution in [-0.4, -0.2) is 40.9 Å². The zero-order valence-electron chi connectivity index (χ0n) is 13.5. The molecule has 4 nitrogen and oxygen atoms in total. The van der Waals surface area contributed by atoms with Crippen LogP contribution in [0.5, 0.6) is 0 Å². The zero-order chi connectivity index (χ0) is 15.1. The Morgan fingerprint density at radius 2 is 2.05 bits per heavy atom. The van der Waals surface area contributed by atoms with E-state index in [1.807, 2.05) is 6.92 Å². The molecule has 0 aliphatic rings. The molecule has 0 unspecified atom stereocenters. The summed E-state index contributed by atoms with van der Waals surface area (Å²) >= 11 is 3.63. The number of unbranched alkanes of at least 4 members (excludes halogenated alkanes) is 1. The van der Waals surface area contributed by atoms with Crippen molar-refractivity contribution in [2.24, 2.45) is 0 Å². The Morgan fingerprint density at radius 1 is 1.35 bits per heavy atom. The molecule has 1 aromatic heterocycles. The summed E-state index contributed by atoms with van der Waals surface area (Å²) in [5.74, 6) is 0. The van der Waals surface area contributed by atoms with Gasteiger partial charge in [-0.3, -0.25) is 4.68 Å². The molecule has 116 valence electrons. The number of halogens is 1. The van der Waals surface area contributed by atoms with Crippen LogP contribution in [0.3, 0.4) is 0 Å². The van der Waals surface area contributed by atoms with Crippen molar-refractivity contribution in [3.63, 3.8) is 0 Å². The van der Waals surface area contributed by atoms with Crippen molar-refractivity contribution in [1.82, 2.24) is 20.0 Å². The fourth-order valence-electron chi connectivity index (χ4n) is 2.11. The van der Waals surface area contributed by atoms with Gasteiger partial charge in [0.05, 0.1) is 15.9 Å². The first-order chi connectivity index (χ1) is 9.47. The number of rotatable bonds is 9. The molecule has 0 fully saturated rings. The SMILES string of the molecule is CCn1nc(C)c(Br)c1CNCCCCN(C)C(C)C. The topological polar surface area (TPSA) is 33.1 Å². The summed E-state index contributed by atoms with van der Waals surface area (Å²) < 4.78 is 3.21. The van der Waals surface area contributed by atoms with Crippen LogP contribution in [0.15, 0.2) is 4.47 Å². The first-order valence-electron chi connectivity index (χ1n) is 7.60. The van der Waals surface area contributed by atoms with Gasteiger partial charge in [-0.05, 0) is 76.6 Å². The molecule has 0 saturated heterocycles.